The molecule has 1 amide bonds. The van der Waals surface area contributed by atoms with Crippen molar-refractivity contribution in [2.24, 2.45) is 5.92 Å². The zero-order valence-corrected chi connectivity index (χ0v) is 22.3. The highest BCUT2D eigenvalue weighted by atomic mass is 32.2. The highest BCUT2D eigenvalue weighted by Crippen LogP contribution is 2.32. The summed E-state index contributed by atoms with van der Waals surface area (Å²) in [6.07, 6.45) is 2.60. The number of esters is 1. The van der Waals surface area contributed by atoms with Crippen molar-refractivity contribution in [2.45, 2.75) is 57.3 Å². The second kappa shape index (κ2) is 12.4. The van der Waals surface area contributed by atoms with Crippen molar-refractivity contribution in [1.29, 1.82) is 0 Å². The number of hydrogen-bond donors (Lipinski definition) is 1. The lowest BCUT2D eigenvalue weighted by molar-refractivity contribution is -0.120. The second-order valence-corrected chi connectivity index (χ2v) is 11.2. The minimum Gasteiger partial charge on any atom is -0.495 e. The van der Waals surface area contributed by atoms with Gasteiger partial charge in [-0.25, -0.2) is 13.2 Å². The van der Waals surface area contributed by atoms with E-state index in [1.807, 2.05) is 26.8 Å². The standard InChI is InChI=1S/C27H36N2O6S/c1-5-6-17-35-27(31)21-7-10-23(11-8-21)28-26(30)20-13-15-29(16-14-20)36(32,33)25-18-22(19(2)3)9-12-24(25)34-4/h7-12,18-20H,5-6,13-17H2,1-4H3,(H,28,30). The summed E-state index contributed by atoms with van der Waals surface area (Å²) in [6, 6.07) is 11.8. The number of piperidine rings is 1. The number of nitrogens with one attached hydrogen (secondary N) is 1. The van der Waals surface area contributed by atoms with Crippen LogP contribution in [0.15, 0.2) is 47.4 Å². The fraction of sp³-hybridized carbons (Fsp3) is 0.481. The van der Waals surface area contributed by atoms with E-state index in [9.17, 15) is 18.0 Å². The topological polar surface area (TPSA) is 102 Å². The number of nitrogens with zero attached hydrogens (tertiary/aromatic N) is 1. The maximum atomic E-state index is 13.4. The number of benzene rings is 2. The van der Waals surface area contributed by atoms with E-state index in [0.29, 0.717) is 36.4 Å². The first kappa shape index (κ1) is 27.7. The Hall–Kier alpha value is -2.91. The zero-order valence-electron chi connectivity index (χ0n) is 21.5. The van der Waals surface area contributed by atoms with E-state index in [2.05, 4.69) is 5.32 Å². The molecule has 1 saturated heterocycles. The summed E-state index contributed by atoms with van der Waals surface area (Å²) in [7, 11) is -2.30. The highest BCUT2D eigenvalue weighted by molar-refractivity contribution is 7.89. The van der Waals surface area contributed by atoms with Gasteiger partial charge in [0.25, 0.3) is 0 Å². The Morgan fingerprint density at radius 3 is 2.33 bits per heavy atom. The molecule has 0 atom stereocenters. The van der Waals surface area contributed by atoms with Crippen molar-refractivity contribution < 1.29 is 27.5 Å². The van der Waals surface area contributed by atoms with Crippen LogP contribution >= 0.6 is 0 Å². The van der Waals surface area contributed by atoms with Crippen molar-refractivity contribution in [2.75, 3.05) is 32.1 Å². The lowest BCUT2D eigenvalue weighted by Gasteiger charge is -2.31. The van der Waals surface area contributed by atoms with Gasteiger partial charge in [0.15, 0.2) is 0 Å². The molecule has 0 bridgehead atoms. The Morgan fingerprint density at radius 2 is 1.75 bits per heavy atom. The average Bonchev–Trinajstić information content (AvgIpc) is 2.88. The third-order valence-corrected chi connectivity index (χ3v) is 8.34. The molecule has 0 radical (unpaired) electrons. The van der Waals surface area contributed by atoms with Gasteiger partial charge in [-0.1, -0.05) is 33.3 Å². The van der Waals surface area contributed by atoms with Crippen LogP contribution < -0.4 is 10.1 Å². The largest absolute Gasteiger partial charge is 0.495 e. The average molecular weight is 517 g/mol. The number of methoxy groups -OCH3 is 1. The smallest absolute Gasteiger partial charge is 0.338 e. The highest BCUT2D eigenvalue weighted by Gasteiger charge is 2.34. The van der Waals surface area contributed by atoms with Crippen LogP contribution in [-0.4, -0.2) is 51.4 Å². The van der Waals surface area contributed by atoms with Crippen LogP contribution in [0, 0.1) is 5.92 Å². The van der Waals surface area contributed by atoms with Gasteiger partial charge in [-0.05, 0) is 67.1 Å². The summed E-state index contributed by atoms with van der Waals surface area (Å²) in [5.74, 6) is -0.355. The van der Waals surface area contributed by atoms with Gasteiger partial charge in [-0.15, -0.1) is 0 Å². The molecule has 196 valence electrons. The minimum absolute atomic E-state index is 0.160. The normalized spacial score (nSPS) is 15.0. The molecular weight excluding hydrogens is 480 g/mol. The molecule has 0 saturated carbocycles. The lowest BCUT2D eigenvalue weighted by atomic mass is 9.97. The molecule has 2 aromatic carbocycles. The van der Waals surface area contributed by atoms with Crippen molar-refractivity contribution >= 4 is 27.6 Å². The maximum Gasteiger partial charge on any atom is 0.338 e. The van der Waals surface area contributed by atoms with Crippen LogP contribution in [0.4, 0.5) is 5.69 Å². The fourth-order valence-corrected chi connectivity index (χ4v) is 5.74. The molecule has 1 aliphatic rings. The molecule has 9 heteroatoms. The Balaban J connectivity index is 1.59. The fourth-order valence-electron chi connectivity index (χ4n) is 4.08. The SMILES string of the molecule is CCCCOC(=O)c1ccc(NC(=O)C2CCN(S(=O)(=O)c3cc(C(C)C)ccc3OC)CC2)cc1. The molecule has 1 aliphatic heterocycles. The van der Waals surface area contributed by atoms with Gasteiger partial charge < -0.3 is 14.8 Å². The number of amides is 1. The summed E-state index contributed by atoms with van der Waals surface area (Å²) >= 11 is 0. The van der Waals surface area contributed by atoms with Crippen molar-refractivity contribution in [1.82, 2.24) is 4.31 Å². The number of anilines is 1. The van der Waals surface area contributed by atoms with Gasteiger partial charge in [0.05, 0.1) is 19.3 Å². The van der Waals surface area contributed by atoms with Crippen LogP contribution in [0.3, 0.4) is 0 Å². The molecule has 1 heterocycles. The molecule has 8 nitrogen and oxygen atoms in total. The van der Waals surface area contributed by atoms with E-state index in [4.69, 9.17) is 9.47 Å². The number of hydrogen-bond acceptors (Lipinski definition) is 6. The Bertz CT molecular complexity index is 1150. The van der Waals surface area contributed by atoms with Crippen molar-refractivity contribution in [3.63, 3.8) is 0 Å². The summed E-state index contributed by atoms with van der Waals surface area (Å²) in [5, 5.41) is 2.87. The van der Waals surface area contributed by atoms with Gasteiger partial charge in [0, 0.05) is 24.7 Å². The van der Waals surface area contributed by atoms with E-state index >= 15 is 0 Å². The number of unbranched alkanes of at least 4 members (excludes halogenated alkanes) is 1. The van der Waals surface area contributed by atoms with Crippen molar-refractivity contribution in [3.05, 3.63) is 53.6 Å². The summed E-state index contributed by atoms with van der Waals surface area (Å²) in [4.78, 5) is 25.0. The molecule has 0 aliphatic carbocycles. The Labute approximate surface area is 214 Å². The van der Waals surface area contributed by atoms with Gasteiger partial charge in [-0.2, -0.15) is 4.31 Å². The lowest BCUT2D eigenvalue weighted by Crippen LogP contribution is -2.41. The van der Waals surface area contributed by atoms with Crippen LogP contribution in [0.1, 0.15) is 68.3 Å². The third-order valence-electron chi connectivity index (χ3n) is 6.42. The van der Waals surface area contributed by atoms with Crippen molar-refractivity contribution in [3.8, 4) is 5.75 Å². The predicted molar refractivity (Wildman–Crippen MR) is 139 cm³/mol. The van der Waals surface area contributed by atoms with Crippen LogP contribution in [-0.2, 0) is 19.6 Å². The Kier molecular flexibility index (Phi) is 9.50. The van der Waals surface area contributed by atoms with E-state index in [1.54, 1.807) is 36.4 Å². The van der Waals surface area contributed by atoms with Gasteiger partial charge in [0.2, 0.25) is 15.9 Å². The number of ether oxygens (including phenoxy) is 2. The first-order chi connectivity index (χ1) is 17.2. The summed E-state index contributed by atoms with van der Waals surface area (Å²) < 4.78 is 38.7. The number of sulfonamides is 1. The zero-order chi connectivity index (χ0) is 26.3. The van der Waals surface area contributed by atoms with E-state index in [1.165, 1.54) is 11.4 Å². The first-order valence-electron chi connectivity index (χ1n) is 12.4. The molecule has 1 fully saturated rings. The number of carbonyl (C=O) groups excluding carboxylic acids is 2. The number of carbonyl (C=O) groups is 2. The van der Waals surface area contributed by atoms with Crippen LogP contribution in [0.2, 0.25) is 0 Å². The third kappa shape index (κ3) is 6.64. The second-order valence-electron chi connectivity index (χ2n) is 9.30. The molecule has 36 heavy (non-hydrogen) atoms. The summed E-state index contributed by atoms with van der Waals surface area (Å²) in [6.45, 7) is 6.93. The molecule has 3 rings (SSSR count). The van der Waals surface area contributed by atoms with E-state index in [-0.39, 0.29) is 41.7 Å². The maximum absolute atomic E-state index is 13.4. The molecule has 2 aromatic rings. The van der Waals surface area contributed by atoms with Crippen LogP contribution in [0.25, 0.3) is 0 Å². The summed E-state index contributed by atoms with van der Waals surface area (Å²) in [5.41, 5.74) is 1.93. The first-order valence-corrected chi connectivity index (χ1v) is 13.9. The molecule has 1 N–H and O–H groups in total. The van der Waals surface area contributed by atoms with Gasteiger partial charge in [-0.3, -0.25) is 4.79 Å². The Morgan fingerprint density at radius 1 is 1.08 bits per heavy atom. The molecule has 0 spiro atoms. The predicted octanol–water partition coefficient (Wildman–Crippen LogP) is 4.81. The van der Waals surface area contributed by atoms with Crippen LogP contribution in [0.5, 0.6) is 5.75 Å². The monoisotopic (exact) mass is 516 g/mol. The molecule has 0 unspecified atom stereocenters. The van der Waals surface area contributed by atoms with E-state index < -0.39 is 10.0 Å². The molecular formula is C27H36N2O6S. The van der Waals surface area contributed by atoms with Gasteiger partial charge >= 0.3 is 5.97 Å². The number of rotatable bonds is 10. The minimum atomic E-state index is -3.76. The van der Waals surface area contributed by atoms with E-state index in [0.717, 1.165) is 18.4 Å². The van der Waals surface area contributed by atoms with Gasteiger partial charge in [0.1, 0.15) is 10.6 Å². The quantitative estimate of drug-likeness (QED) is 0.359. The molecule has 0 aromatic heterocycles.